The lowest BCUT2D eigenvalue weighted by atomic mass is 9.95. The third-order valence-corrected chi connectivity index (χ3v) is 4.19. The number of ether oxygens (including phenoxy) is 2. The first kappa shape index (κ1) is 21.0. The van der Waals surface area contributed by atoms with E-state index in [2.05, 4.69) is 24.5 Å². The van der Waals surface area contributed by atoms with Crippen LogP contribution in [0.4, 0.5) is 0 Å². The van der Waals surface area contributed by atoms with Gasteiger partial charge >= 0.3 is 0 Å². The highest BCUT2D eigenvalue weighted by Gasteiger charge is 2.22. The predicted octanol–water partition coefficient (Wildman–Crippen LogP) is 1.73. The van der Waals surface area contributed by atoms with Crippen LogP contribution in [-0.4, -0.2) is 56.1 Å². The van der Waals surface area contributed by atoms with Gasteiger partial charge in [0.25, 0.3) is 0 Å². The molecule has 2 amide bonds. The van der Waals surface area contributed by atoms with Crippen LogP contribution in [0, 0.1) is 5.92 Å². The molecule has 0 aromatic heterocycles. The Morgan fingerprint density at radius 1 is 1.00 bits per heavy atom. The van der Waals surface area contributed by atoms with E-state index >= 15 is 0 Å². The second-order valence-corrected chi connectivity index (χ2v) is 7.59. The van der Waals surface area contributed by atoms with E-state index in [9.17, 15) is 9.59 Å². The quantitative estimate of drug-likeness (QED) is 0.721. The number of benzene rings is 1. The summed E-state index contributed by atoms with van der Waals surface area (Å²) in [5.41, 5.74) is 0.975. The van der Waals surface area contributed by atoms with Crippen molar-refractivity contribution in [3.63, 3.8) is 0 Å². The van der Waals surface area contributed by atoms with E-state index in [0.29, 0.717) is 19.0 Å². The van der Waals surface area contributed by atoms with Gasteiger partial charge in [0.15, 0.2) is 11.5 Å². The molecular formula is C20H31N3O4. The van der Waals surface area contributed by atoms with Gasteiger partial charge in [0, 0.05) is 6.04 Å². The molecule has 0 fully saturated rings. The zero-order chi connectivity index (χ0) is 20.0. The van der Waals surface area contributed by atoms with Gasteiger partial charge in [-0.3, -0.25) is 14.5 Å². The first-order valence-electron chi connectivity index (χ1n) is 9.43. The van der Waals surface area contributed by atoms with Crippen molar-refractivity contribution in [1.29, 1.82) is 0 Å². The molecule has 2 N–H and O–H groups in total. The van der Waals surface area contributed by atoms with Gasteiger partial charge in [0.1, 0.15) is 13.2 Å². The van der Waals surface area contributed by atoms with Crippen LogP contribution in [0.3, 0.4) is 0 Å². The molecule has 1 aliphatic heterocycles. The van der Waals surface area contributed by atoms with Crippen LogP contribution in [0.1, 0.15) is 39.3 Å². The molecule has 0 aliphatic carbocycles. The van der Waals surface area contributed by atoms with Gasteiger partial charge < -0.3 is 20.1 Å². The molecule has 1 aromatic carbocycles. The van der Waals surface area contributed by atoms with E-state index in [0.717, 1.165) is 11.3 Å². The number of likely N-dealkylation sites (N-methyl/N-ethyl adjacent to an activating group) is 1. The Labute approximate surface area is 161 Å². The molecule has 0 bridgehead atoms. The molecule has 1 heterocycles. The number of rotatable bonds is 8. The number of hydrogen-bond donors (Lipinski definition) is 2. The molecule has 1 atom stereocenters. The van der Waals surface area contributed by atoms with E-state index in [1.54, 1.807) is 11.9 Å². The molecule has 0 radical (unpaired) electrons. The molecular weight excluding hydrogens is 346 g/mol. The Morgan fingerprint density at radius 2 is 1.59 bits per heavy atom. The molecule has 0 spiro atoms. The summed E-state index contributed by atoms with van der Waals surface area (Å²) >= 11 is 0. The highest BCUT2D eigenvalue weighted by Crippen LogP contribution is 2.34. The first-order valence-corrected chi connectivity index (χ1v) is 9.43. The average molecular weight is 377 g/mol. The zero-order valence-electron chi connectivity index (χ0n) is 16.9. The predicted molar refractivity (Wildman–Crippen MR) is 104 cm³/mol. The maximum atomic E-state index is 12.5. The van der Waals surface area contributed by atoms with Gasteiger partial charge in [-0.25, -0.2) is 0 Å². The monoisotopic (exact) mass is 377 g/mol. The molecule has 1 aliphatic rings. The lowest BCUT2D eigenvalue weighted by Crippen LogP contribution is -2.43. The summed E-state index contributed by atoms with van der Waals surface area (Å²) in [5.74, 6) is 1.43. The van der Waals surface area contributed by atoms with Crippen LogP contribution in [-0.2, 0) is 9.59 Å². The van der Waals surface area contributed by atoms with E-state index in [-0.39, 0.29) is 42.9 Å². The topological polar surface area (TPSA) is 79.9 Å². The summed E-state index contributed by atoms with van der Waals surface area (Å²) < 4.78 is 11.2. The minimum atomic E-state index is -0.147. The van der Waals surface area contributed by atoms with E-state index in [1.165, 1.54) is 0 Å². The lowest BCUT2D eigenvalue weighted by Gasteiger charge is -2.26. The number of carbonyl (C=O) groups is 2. The number of nitrogens with one attached hydrogen (secondary N) is 2. The Balaban J connectivity index is 1.97. The second kappa shape index (κ2) is 9.60. The highest BCUT2D eigenvalue weighted by atomic mass is 16.6. The number of nitrogens with zero attached hydrogens (tertiary/aromatic N) is 1. The van der Waals surface area contributed by atoms with Crippen LogP contribution in [0.5, 0.6) is 11.5 Å². The molecule has 7 nitrogen and oxygen atoms in total. The van der Waals surface area contributed by atoms with Crippen molar-refractivity contribution in [2.45, 2.75) is 39.8 Å². The van der Waals surface area contributed by atoms with Crippen LogP contribution in [0.25, 0.3) is 0 Å². The van der Waals surface area contributed by atoms with E-state index in [1.807, 2.05) is 32.0 Å². The van der Waals surface area contributed by atoms with Gasteiger partial charge in [-0.2, -0.15) is 0 Å². The van der Waals surface area contributed by atoms with Crippen LogP contribution < -0.4 is 20.1 Å². The van der Waals surface area contributed by atoms with Gasteiger partial charge in [-0.1, -0.05) is 19.9 Å². The third-order valence-electron chi connectivity index (χ3n) is 4.19. The Kier molecular flexibility index (Phi) is 7.47. The highest BCUT2D eigenvalue weighted by molar-refractivity contribution is 5.81. The molecule has 0 unspecified atom stereocenters. The van der Waals surface area contributed by atoms with Gasteiger partial charge in [0.2, 0.25) is 11.8 Å². The standard InChI is InChI=1S/C20H31N3O4/c1-13(2)20(15-6-7-16-17(10-15)27-9-8-26-16)22-19(25)12-23(5)11-18(24)21-14(3)4/h6-7,10,13-14,20H,8-9,11-12H2,1-5H3,(H,21,24)(H,22,25)/t20-/m0/s1. The summed E-state index contributed by atoms with van der Waals surface area (Å²) in [5, 5.41) is 5.90. The molecule has 150 valence electrons. The van der Waals surface area contributed by atoms with Crippen molar-refractivity contribution in [3.8, 4) is 11.5 Å². The fourth-order valence-corrected chi connectivity index (χ4v) is 3.02. The molecule has 2 rings (SSSR count). The first-order chi connectivity index (χ1) is 12.8. The summed E-state index contributed by atoms with van der Waals surface area (Å²) in [6, 6.07) is 5.71. The Hall–Kier alpha value is -2.28. The number of amides is 2. The smallest absolute Gasteiger partial charge is 0.234 e. The molecule has 1 aromatic rings. The fraction of sp³-hybridized carbons (Fsp3) is 0.600. The van der Waals surface area contributed by atoms with Crippen molar-refractivity contribution in [2.75, 3.05) is 33.4 Å². The number of carbonyl (C=O) groups excluding carboxylic acids is 2. The van der Waals surface area contributed by atoms with E-state index in [4.69, 9.17) is 9.47 Å². The van der Waals surface area contributed by atoms with E-state index < -0.39 is 0 Å². The average Bonchev–Trinajstić information content (AvgIpc) is 2.58. The summed E-state index contributed by atoms with van der Waals surface area (Å²) in [6.07, 6.45) is 0. The Morgan fingerprint density at radius 3 is 2.19 bits per heavy atom. The number of hydrogen-bond acceptors (Lipinski definition) is 5. The SMILES string of the molecule is CC(C)NC(=O)CN(C)CC(=O)N[C@H](c1ccc2c(c1)OCCO2)C(C)C. The minimum Gasteiger partial charge on any atom is -0.486 e. The van der Waals surface area contributed by atoms with Crippen LogP contribution >= 0.6 is 0 Å². The normalized spacial score (nSPS) is 14.4. The maximum Gasteiger partial charge on any atom is 0.234 e. The summed E-state index contributed by atoms with van der Waals surface area (Å²) in [6.45, 7) is 9.34. The molecule has 0 saturated carbocycles. The number of fused-ring (bicyclic) bond motifs is 1. The lowest BCUT2D eigenvalue weighted by molar-refractivity contribution is -0.125. The summed E-state index contributed by atoms with van der Waals surface area (Å²) in [4.78, 5) is 26.0. The van der Waals surface area contributed by atoms with Crippen molar-refractivity contribution in [2.24, 2.45) is 5.92 Å². The largest absolute Gasteiger partial charge is 0.486 e. The van der Waals surface area contributed by atoms with Crippen molar-refractivity contribution in [1.82, 2.24) is 15.5 Å². The van der Waals surface area contributed by atoms with Gasteiger partial charge in [-0.15, -0.1) is 0 Å². The second-order valence-electron chi connectivity index (χ2n) is 7.59. The molecule has 7 heteroatoms. The molecule has 27 heavy (non-hydrogen) atoms. The Bertz CT molecular complexity index is 661. The minimum absolute atomic E-state index is 0.0836. The molecule has 0 saturated heterocycles. The van der Waals surface area contributed by atoms with Crippen molar-refractivity contribution < 1.29 is 19.1 Å². The third kappa shape index (κ3) is 6.43. The van der Waals surface area contributed by atoms with Crippen molar-refractivity contribution >= 4 is 11.8 Å². The van der Waals surface area contributed by atoms with Crippen LogP contribution in [0.15, 0.2) is 18.2 Å². The van der Waals surface area contributed by atoms with Gasteiger partial charge in [-0.05, 0) is 44.5 Å². The zero-order valence-corrected chi connectivity index (χ0v) is 16.9. The van der Waals surface area contributed by atoms with Gasteiger partial charge in [0.05, 0.1) is 19.1 Å². The fourth-order valence-electron chi connectivity index (χ4n) is 3.02. The van der Waals surface area contributed by atoms with Crippen LogP contribution in [0.2, 0.25) is 0 Å². The maximum absolute atomic E-state index is 12.5. The summed E-state index contributed by atoms with van der Waals surface area (Å²) in [7, 11) is 1.76. The van der Waals surface area contributed by atoms with Crippen molar-refractivity contribution in [3.05, 3.63) is 23.8 Å².